The summed E-state index contributed by atoms with van der Waals surface area (Å²) >= 11 is 0. The van der Waals surface area contributed by atoms with E-state index in [1.54, 1.807) is 6.07 Å². The first-order valence-corrected chi connectivity index (χ1v) is 5.71. The number of anilines is 1. The molecule has 0 amide bonds. The maximum Gasteiger partial charge on any atom is 0.360 e. The van der Waals surface area contributed by atoms with Crippen molar-refractivity contribution in [2.24, 2.45) is 0 Å². The molecule has 0 radical (unpaired) electrons. The Kier molecular flexibility index (Phi) is 2.60. The Bertz CT molecular complexity index is 804. The Hall–Kier alpha value is -2.97. The van der Waals surface area contributed by atoms with Crippen LogP contribution in [-0.4, -0.2) is 42.4 Å². The van der Waals surface area contributed by atoms with Gasteiger partial charge < -0.3 is 10.5 Å². The number of esters is 1. The lowest BCUT2D eigenvalue weighted by Crippen LogP contribution is -2.09. The summed E-state index contributed by atoms with van der Waals surface area (Å²) in [7, 11) is 1.27. The number of fused-ring (bicyclic) bond motifs is 1. The van der Waals surface area contributed by atoms with Gasteiger partial charge in [0.05, 0.1) is 19.0 Å². The first kappa shape index (κ1) is 12.1. The number of nitrogens with two attached hydrogens (primary N) is 1. The monoisotopic (exact) mass is 273 g/mol. The van der Waals surface area contributed by atoms with Gasteiger partial charge in [0.15, 0.2) is 11.5 Å². The van der Waals surface area contributed by atoms with E-state index in [0.717, 1.165) is 5.69 Å². The van der Waals surface area contributed by atoms with Gasteiger partial charge in [0.25, 0.3) is 5.78 Å². The molecule has 0 aliphatic rings. The second-order valence-electron chi connectivity index (χ2n) is 4.10. The highest BCUT2D eigenvalue weighted by Crippen LogP contribution is 2.15. The van der Waals surface area contributed by atoms with Gasteiger partial charge in [0, 0.05) is 11.8 Å². The van der Waals surface area contributed by atoms with Crippen molar-refractivity contribution in [1.29, 1.82) is 0 Å². The van der Waals surface area contributed by atoms with Crippen LogP contribution in [0, 0.1) is 6.92 Å². The van der Waals surface area contributed by atoms with E-state index in [0.29, 0.717) is 11.6 Å². The Balaban J connectivity index is 2.21. The molecule has 0 aliphatic carbocycles. The molecule has 3 aromatic rings. The van der Waals surface area contributed by atoms with Gasteiger partial charge in [-0.3, -0.25) is 0 Å². The molecule has 0 aromatic carbocycles. The van der Waals surface area contributed by atoms with Gasteiger partial charge in [-0.25, -0.2) is 14.5 Å². The highest BCUT2D eigenvalue weighted by Gasteiger charge is 2.17. The number of carbonyl (C=O) groups is 1. The van der Waals surface area contributed by atoms with Crippen molar-refractivity contribution in [2.45, 2.75) is 6.92 Å². The topological polar surface area (TPSA) is 113 Å². The number of aryl methyl sites for hydroxylation is 1. The lowest BCUT2D eigenvalue weighted by molar-refractivity contribution is 0.0594. The molecule has 102 valence electrons. The molecule has 0 fully saturated rings. The lowest BCUT2D eigenvalue weighted by atomic mass is 10.4. The average Bonchev–Trinajstić information content (AvgIpc) is 3.03. The van der Waals surface area contributed by atoms with E-state index in [1.807, 2.05) is 6.92 Å². The Morgan fingerprint density at radius 2 is 2.25 bits per heavy atom. The minimum absolute atomic E-state index is 0.0511. The summed E-state index contributed by atoms with van der Waals surface area (Å²) in [4.78, 5) is 19.8. The molecular weight excluding hydrogens is 262 g/mol. The molecule has 0 aliphatic heterocycles. The Labute approximate surface area is 113 Å². The molecule has 3 rings (SSSR count). The SMILES string of the molecule is COC(=O)c1nn(-c2cc(C)nc3ncnn23)cc1N. The zero-order valence-corrected chi connectivity index (χ0v) is 10.8. The van der Waals surface area contributed by atoms with Crippen molar-refractivity contribution >= 4 is 17.4 Å². The van der Waals surface area contributed by atoms with Gasteiger partial charge in [0.1, 0.15) is 6.33 Å². The summed E-state index contributed by atoms with van der Waals surface area (Å²) in [6.45, 7) is 1.83. The van der Waals surface area contributed by atoms with Gasteiger partial charge in [-0.15, -0.1) is 0 Å². The van der Waals surface area contributed by atoms with Gasteiger partial charge in [-0.1, -0.05) is 0 Å². The van der Waals surface area contributed by atoms with Gasteiger partial charge in [0.2, 0.25) is 0 Å². The molecule has 20 heavy (non-hydrogen) atoms. The molecule has 0 atom stereocenters. The van der Waals surface area contributed by atoms with E-state index in [1.165, 1.54) is 28.8 Å². The van der Waals surface area contributed by atoms with E-state index < -0.39 is 5.97 Å². The Morgan fingerprint density at radius 1 is 1.45 bits per heavy atom. The smallest absolute Gasteiger partial charge is 0.360 e. The third-order valence-electron chi connectivity index (χ3n) is 2.72. The number of aromatic nitrogens is 6. The van der Waals surface area contributed by atoms with Crippen LogP contribution in [0.2, 0.25) is 0 Å². The second-order valence-corrected chi connectivity index (χ2v) is 4.10. The molecular formula is C11H11N7O2. The summed E-state index contributed by atoms with van der Waals surface area (Å²) in [6, 6.07) is 1.76. The first-order chi connectivity index (χ1) is 9.60. The minimum Gasteiger partial charge on any atom is -0.464 e. The van der Waals surface area contributed by atoms with Crippen molar-refractivity contribution in [3.8, 4) is 5.82 Å². The number of rotatable bonds is 2. The standard InChI is InChI=1S/C11H11N7O2/c1-6-3-8(18-11(15-6)13-5-14-18)17-4-7(12)9(16-17)10(19)20-2/h3-5H,12H2,1-2H3. The minimum atomic E-state index is -0.595. The van der Waals surface area contributed by atoms with Gasteiger partial charge >= 0.3 is 5.97 Å². The fraction of sp³-hybridized carbons (Fsp3) is 0.182. The van der Waals surface area contributed by atoms with Gasteiger partial charge in [-0.05, 0) is 6.92 Å². The summed E-state index contributed by atoms with van der Waals surface area (Å²) in [5.74, 6) is 0.419. The maximum atomic E-state index is 11.5. The summed E-state index contributed by atoms with van der Waals surface area (Å²) in [6.07, 6.45) is 2.90. The zero-order valence-electron chi connectivity index (χ0n) is 10.8. The van der Waals surface area contributed by atoms with Crippen LogP contribution in [0.5, 0.6) is 0 Å². The van der Waals surface area contributed by atoms with Crippen molar-refractivity contribution in [3.63, 3.8) is 0 Å². The van der Waals surface area contributed by atoms with Crippen LogP contribution in [0.4, 0.5) is 5.69 Å². The highest BCUT2D eigenvalue weighted by molar-refractivity contribution is 5.92. The van der Waals surface area contributed by atoms with Crippen molar-refractivity contribution in [1.82, 2.24) is 29.4 Å². The molecule has 0 saturated heterocycles. The van der Waals surface area contributed by atoms with Crippen molar-refractivity contribution < 1.29 is 9.53 Å². The van der Waals surface area contributed by atoms with Crippen LogP contribution in [0.3, 0.4) is 0 Å². The molecule has 0 spiro atoms. The predicted octanol–water partition coefficient (Wildman–Crippen LogP) is -0.0128. The fourth-order valence-electron chi connectivity index (χ4n) is 1.83. The van der Waals surface area contributed by atoms with Gasteiger partial charge in [-0.2, -0.15) is 19.7 Å². The van der Waals surface area contributed by atoms with E-state index in [9.17, 15) is 4.79 Å². The molecule has 9 nitrogen and oxygen atoms in total. The molecule has 2 N–H and O–H groups in total. The molecule has 3 heterocycles. The normalized spacial score (nSPS) is 10.9. The zero-order chi connectivity index (χ0) is 14.3. The number of hydrogen-bond donors (Lipinski definition) is 1. The number of hydrogen-bond acceptors (Lipinski definition) is 7. The van der Waals surface area contributed by atoms with E-state index >= 15 is 0 Å². The quantitative estimate of drug-likeness (QED) is 0.653. The molecule has 3 aromatic heterocycles. The largest absolute Gasteiger partial charge is 0.464 e. The Morgan fingerprint density at radius 3 is 3.00 bits per heavy atom. The highest BCUT2D eigenvalue weighted by atomic mass is 16.5. The number of methoxy groups -OCH3 is 1. The molecule has 9 heteroatoms. The third-order valence-corrected chi connectivity index (χ3v) is 2.72. The van der Waals surface area contributed by atoms with Crippen LogP contribution in [-0.2, 0) is 4.74 Å². The van der Waals surface area contributed by atoms with Crippen LogP contribution in [0.25, 0.3) is 11.6 Å². The van der Waals surface area contributed by atoms with Crippen LogP contribution >= 0.6 is 0 Å². The fourth-order valence-corrected chi connectivity index (χ4v) is 1.83. The molecule has 0 bridgehead atoms. The number of nitrogen functional groups attached to an aromatic ring is 1. The lowest BCUT2D eigenvalue weighted by Gasteiger charge is -2.04. The summed E-state index contributed by atoms with van der Waals surface area (Å²) < 4.78 is 7.56. The van der Waals surface area contributed by atoms with Crippen LogP contribution in [0.1, 0.15) is 16.2 Å². The van der Waals surface area contributed by atoms with Crippen molar-refractivity contribution in [2.75, 3.05) is 12.8 Å². The number of carbonyl (C=O) groups excluding carboxylic acids is 1. The maximum absolute atomic E-state index is 11.5. The second kappa shape index (κ2) is 4.30. The molecule has 0 saturated carbocycles. The number of ether oxygens (including phenoxy) is 1. The van der Waals surface area contributed by atoms with E-state index in [-0.39, 0.29) is 11.4 Å². The number of nitrogens with zero attached hydrogens (tertiary/aromatic N) is 6. The molecule has 0 unspecified atom stereocenters. The first-order valence-electron chi connectivity index (χ1n) is 5.71. The van der Waals surface area contributed by atoms with E-state index in [4.69, 9.17) is 5.73 Å². The predicted molar refractivity (Wildman–Crippen MR) is 68.4 cm³/mol. The van der Waals surface area contributed by atoms with Crippen LogP contribution in [0.15, 0.2) is 18.6 Å². The van der Waals surface area contributed by atoms with Crippen molar-refractivity contribution in [3.05, 3.63) is 30.0 Å². The van der Waals surface area contributed by atoms with E-state index in [2.05, 4.69) is 24.9 Å². The average molecular weight is 273 g/mol. The summed E-state index contributed by atoms with van der Waals surface area (Å²) in [5.41, 5.74) is 6.79. The third kappa shape index (κ3) is 1.76. The summed E-state index contributed by atoms with van der Waals surface area (Å²) in [5, 5.41) is 8.19. The van der Waals surface area contributed by atoms with Crippen LogP contribution < -0.4 is 5.73 Å².